The molecule has 0 spiro atoms. The Hall–Kier alpha value is -2.25. The van der Waals surface area contributed by atoms with Crippen LogP contribution < -0.4 is 5.32 Å². The maximum Gasteiger partial charge on any atom is 0.246 e. The van der Waals surface area contributed by atoms with Gasteiger partial charge in [0.05, 0.1) is 12.7 Å². The van der Waals surface area contributed by atoms with Crippen molar-refractivity contribution in [3.05, 3.63) is 35.7 Å². The quantitative estimate of drug-likeness (QED) is 0.828. The topological polar surface area (TPSA) is 86.5 Å². The Balaban J connectivity index is 1.38. The molecule has 1 amide bonds. The zero-order chi connectivity index (χ0) is 17.5. The predicted molar refractivity (Wildman–Crippen MR) is 90.7 cm³/mol. The van der Waals surface area contributed by atoms with Crippen molar-refractivity contribution in [3.63, 3.8) is 0 Å². The lowest BCUT2D eigenvalue weighted by molar-refractivity contribution is -0.128. The fourth-order valence-corrected chi connectivity index (χ4v) is 2.66. The number of hydrogen-bond donors (Lipinski definition) is 1. The molecular weight excluding hydrogens is 322 g/mol. The van der Waals surface area contributed by atoms with Crippen molar-refractivity contribution in [2.75, 3.05) is 19.8 Å². The number of carbonyl (C=O) groups excluding carboxylic acids is 1. The van der Waals surface area contributed by atoms with E-state index in [4.69, 9.17) is 14.0 Å². The van der Waals surface area contributed by atoms with Gasteiger partial charge in [0, 0.05) is 25.6 Å². The van der Waals surface area contributed by atoms with Gasteiger partial charge in [0.1, 0.15) is 6.61 Å². The van der Waals surface area contributed by atoms with Crippen molar-refractivity contribution in [3.8, 4) is 11.4 Å². The van der Waals surface area contributed by atoms with E-state index in [9.17, 15) is 4.79 Å². The SMILES string of the molecule is Cc1nc(-c2ccc(CNC(=O)COCC3CCCCO3)cc2)no1. The van der Waals surface area contributed by atoms with Crippen LogP contribution in [-0.2, 0) is 20.8 Å². The molecule has 134 valence electrons. The molecule has 1 unspecified atom stereocenters. The van der Waals surface area contributed by atoms with Crippen LogP contribution in [0.5, 0.6) is 0 Å². The van der Waals surface area contributed by atoms with Crippen molar-refractivity contribution in [2.24, 2.45) is 0 Å². The van der Waals surface area contributed by atoms with E-state index in [-0.39, 0.29) is 18.6 Å². The number of aromatic nitrogens is 2. The number of ether oxygens (including phenoxy) is 2. The number of hydrogen-bond acceptors (Lipinski definition) is 6. The molecule has 0 aliphatic carbocycles. The molecular formula is C18H23N3O4. The highest BCUT2D eigenvalue weighted by molar-refractivity contribution is 5.77. The molecule has 1 atom stereocenters. The molecule has 0 bridgehead atoms. The van der Waals surface area contributed by atoms with Crippen molar-refractivity contribution in [1.29, 1.82) is 0 Å². The highest BCUT2D eigenvalue weighted by atomic mass is 16.5. The minimum Gasteiger partial charge on any atom is -0.376 e. The summed E-state index contributed by atoms with van der Waals surface area (Å²) in [7, 11) is 0. The molecule has 2 aromatic rings. The largest absolute Gasteiger partial charge is 0.376 e. The van der Waals surface area contributed by atoms with Gasteiger partial charge in [-0.25, -0.2) is 0 Å². The van der Waals surface area contributed by atoms with Gasteiger partial charge in [0.15, 0.2) is 0 Å². The van der Waals surface area contributed by atoms with E-state index in [1.165, 1.54) is 6.42 Å². The Kier molecular flexibility index (Phi) is 6.14. The van der Waals surface area contributed by atoms with Gasteiger partial charge in [-0.15, -0.1) is 0 Å². The van der Waals surface area contributed by atoms with E-state index in [0.717, 1.165) is 30.6 Å². The molecule has 3 rings (SSSR count). The third-order valence-corrected chi connectivity index (χ3v) is 4.04. The number of nitrogens with one attached hydrogen (secondary N) is 1. The number of amides is 1. The lowest BCUT2D eigenvalue weighted by Gasteiger charge is -2.22. The highest BCUT2D eigenvalue weighted by Gasteiger charge is 2.14. The minimum atomic E-state index is -0.131. The Morgan fingerprint density at radius 2 is 2.16 bits per heavy atom. The summed E-state index contributed by atoms with van der Waals surface area (Å²) in [6, 6.07) is 7.67. The summed E-state index contributed by atoms with van der Waals surface area (Å²) in [5.41, 5.74) is 1.87. The first-order chi connectivity index (χ1) is 12.2. The van der Waals surface area contributed by atoms with Crippen LogP contribution in [0.4, 0.5) is 0 Å². The standard InChI is InChI=1S/C18H23N3O4/c1-13-20-18(21-25-13)15-7-5-14(6-8-15)10-19-17(22)12-23-11-16-4-2-3-9-24-16/h5-8,16H,2-4,9-12H2,1H3,(H,19,22). The molecule has 1 aliphatic heterocycles. The zero-order valence-electron chi connectivity index (χ0n) is 14.4. The van der Waals surface area contributed by atoms with Crippen LogP contribution in [0.1, 0.15) is 30.7 Å². The zero-order valence-corrected chi connectivity index (χ0v) is 14.4. The van der Waals surface area contributed by atoms with Crippen LogP contribution in [0, 0.1) is 6.92 Å². The normalized spacial score (nSPS) is 17.4. The summed E-state index contributed by atoms with van der Waals surface area (Å²) in [4.78, 5) is 16.0. The van der Waals surface area contributed by atoms with Gasteiger partial charge < -0.3 is 19.3 Å². The van der Waals surface area contributed by atoms with Gasteiger partial charge in [0.2, 0.25) is 17.6 Å². The summed E-state index contributed by atoms with van der Waals surface area (Å²) >= 11 is 0. The average molecular weight is 345 g/mol. The maximum absolute atomic E-state index is 11.8. The molecule has 1 N–H and O–H groups in total. The first-order valence-corrected chi connectivity index (χ1v) is 8.56. The Morgan fingerprint density at radius 1 is 1.32 bits per heavy atom. The molecule has 1 aromatic carbocycles. The molecule has 7 nitrogen and oxygen atoms in total. The van der Waals surface area contributed by atoms with E-state index in [0.29, 0.717) is 24.9 Å². The average Bonchev–Trinajstić information content (AvgIpc) is 3.08. The van der Waals surface area contributed by atoms with Crippen LogP contribution in [0.3, 0.4) is 0 Å². The van der Waals surface area contributed by atoms with Crippen molar-refractivity contribution < 1.29 is 18.8 Å². The van der Waals surface area contributed by atoms with Crippen LogP contribution in [0.25, 0.3) is 11.4 Å². The maximum atomic E-state index is 11.8. The first kappa shape index (κ1) is 17.6. The summed E-state index contributed by atoms with van der Waals surface area (Å²) in [5.74, 6) is 0.963. The van der Waals surface area contributed by atoms with Gasteiger partial charge in [-0.05, 0) is 24.8 Å². The van der Waals surface area contributed by atoms with Crippen LogP contribution in [0.2, 0.25) is 0 Å². The van der Waals surface area contributed by atoms with E-state index < -0.39 is 0 Å². The molecule has 1 aliphatic rings. The summed E-state index contributed by atoms with van der Waals surface area (Å²) in [6.45, 7) is 3.53. The molecule has 0 saturated carbocycles. The van der Waals surface area contributed by atoms with Crippen LogP contribution in [-0.4, -0.2) is 42.0 Å². The third-order valence-electron chi connectivity index (χ3n) is 4.04. The summed E-state index contributed by atoms with van der Waals surface area (Å²) < 4.78 is 16.0. The summed E-state index contributed by atoms with van der Waals surface area (Å²) in [6.07, 6.45) is 3.41. The fraction of sp³-hybridized carbons (Fsp3) is 0.500. The molecule has 0 radical (unpaired) electrons. The second kappa shape index (κ2) is 8.73. The number of aryl methyl sites for hydroxylation is 1. The van der Waals surface area contributed by atoms with Gasteiger partial charge >= 0.3 is 0 Å². The molecule has 1 aromatic heterocycles. The smallest absolute Gasteiger partial charge is 0.246 e. The Labute approximate surface area is 146 Å². The number of benzene rings is 1. The molecule has 1 fully saturated rings. The number of rotatable bonds is 7. The van der Waals surface area contributed by atoms with Gasteiger partial charge in [-0.2, -0.15) is 4.98 Å². The van der Waals surface area contributed by atoms with Crippen molar-refractivity contribution in [1.82, 2.24) is 15.5 Å². The highest BCUT2D eigenvalue weighted by Crippen LogP contribution is 2.16. The van der Waals surface area contributed by atoms with Gasteiger partial charge in [0.25, 0.3) is 0 Å². The number of carbonyl (C=O) groups is 1. The lowest BCUT2D eigenvalue weighted by Crippen LogP contribution is -2.30. The molecule has 7 heteroatoms. The third kappa shape index (κ3) is 5.37. The summed E-state index contributed by atoms with van der Waals surface area (Å²) in [5, 5.41) is 6.73. The Bertz CT molecular complexity index is 678. The second-order valence-electron chi connectivity index (χ2n) is 6.11. The van der Waals surface area contributed by atoms with E-state index >= 15 is 0 Å². The molecule has 2 heterocycles. The second-order valence-corrected chi connectivity index (χ2v) is 6.11. The predicted octanol–water partition coefficient (Wildman–Crippen LogP) is 2.25. The first-order valence-electron chi connectivity index (χ1n) is 8.56. The minimum absolute atomic E-state index is 0.0556. The fourth-order valence-electron chi connectivity index (χ4n) is 2.66. The number of nitrogens with zero attached hydrogens (tertiary/aromatic N) is 2. The van der Waals surface area contributed by atoms with Gasteiger partial charge in [-0.3, -0.25) is 4.79 Å². The van der Waals surface area contributed by atoms with Crippen LogP contribution >= 0.6 is 0 Å². The Morgan fingerprint density at radius 3 is 2.84 bits per heavy atom. The monoisotopic (exact) mass is 345 g/mol. The van der Waals surface area contributed by atoms with Crippen molar-refractivity contribution >= 4 is 5.91 Å². The van der Waals surface area contributed by atoms with E-state index in [1.807, 2.05) is 24.3 Å². The molecule has 25 heavy (non-hydrogen) atoms. The van der Waals surface area contributed by atoms with E-state index in [2.05, 4.69) is 15.5 Å². The van der Waals surface area contributed by atoms with Crippen LogP contribution in [0.15, 0.2) is 28.8 Å². The lowest BCUT2D eigenvalue weighted by atomic mass is 10.1. The molecule has 1 saturated heterocycles. The van der Waals surface area contributed by atoms with E-state index in [1.54, 1.807) is 6.92 Å². The van der Waals surface area contributed by atoms with Gasteiger partial charge in [-0.1, -0.05) is 29.4 Å². The van der Waals surface area contributed by atoms with Crippen molar-refractivity contribution in [2.45, 2.75) is 38.8 Å².